The van der Waals surface area contributed by atoms with Crippen molar-refractivity contribution in [2.75, 3.05) is 4.90 Å². The van der Waals surface area contributed by atoms with Gasteiger partial charge in [-0.15, -0.1) is 0 Å². The second-order valence-corrected chi connectivity index (χ2v) is 26.1. The second-order valence-electron chi connectivity index (χ2n) is 18.6. The molecule has 0 radical (unpaired) electrons. The van der Waals surface area contributed by atoms with Gasteiger partial charge in [0.15, 0.2) is 8.07 Å². The summed E-state index contributed by atoms with van der Waals surface area (Å²) in [5.41, 5.74) is 10.8. The molecule has 1 aliphatic carbocycles. The van der Waals surface area contributed by atoms with Crippen LogP contribution in [-0.2, 0) is 5.41 Å². The summed E-state index contributed by atoms with van der Waals surface area (Å²) in [6.45, 7) is 0. The Morgan fingerprint density at radius 3 is 1.61 bits per heavy atom. The van der Waals surface area contributed by atoms with E-state index in [1.54, 1.807) is 10.4 Å². The molecule has 0 saturated heterocycles. The van der Waals surface area contributed by atoms with Gasteiger partial charge in [-0.2, -0.15) is 0 Å². The Kier molecular flexibility index (Phi) is 9.31. The molecular weight excluding hydrogens is 883 g/mol. The van der Waals surface area contributed by atoms with Crippen LogP contribution >= 0.6 is 11.8 Å². The highest BCUT2D eigenvalue weighted by Crippen LogP contribution is 2.56. The number of anilines is 3. The van der Waals surface area contributed by atoms with Crippen molar-refractivity contribution in [1.29, 1.82) is 0 Å². The molecule has 14 rings (SSSR count). The molecule has 1 nitrogen and oxygen atoms in total. The van der Waals surface area contributed by atoms with E-state index in [0.717, 1.165) is 5.69 Å². The van der Waals surface area contributed by atoms with Crippen LogP contribution in [0.15, 0.2) is 277 Å². The molecule has 0 N–H and O–H groups in total. The van der Waals surface area contributed by atoms with Crippen molar-refractivity contribution in [3.63, 3.8) is 0 Å². The Hall–Kier alpha value is -7.74. The Morgan fingerprint density at radius 1 is 0.377 bits per heavy atom. The summed E-state index contributed by atoms with van der Waals surface area (Å²) >= 11 is 1.94. The van der Waals surface area contributed by atoms with Crippen LogP contribution in [0.2, 0.25) is 0 Å². The van der Waals surface area contributed by atoms with Crippen molar-refractivity contribution in [2.45, 2.75) is 15.2 Å². The number of hydrogen-bond donors (Lipinski definition) is 0. The van der Waals surface area contributed by atoms with Crippen LogP contribution in [-0.4, -0.2) is 16.9 Å². The molecule has 0 aromatic heterocycles. The van der Waals surface area contributed by atoms with Gasteiger partial charge in [-0.3, -0.25) is 0 Å². The lowest BCUT2D eigenvalue weighted by Crippen LogP contribution is -2.87. The Morgan fingerprint density at radius 2 is 0.899 bits per heavy atom. The molecule has 0 amide bonds. The van der Waals surface area contributed by atoms with Gasteiger partial charge in [-0.25, -0.2) is 0 Å². The maximum atomic E-state index is 2.65. The molecule has 1 atom stereocenters. The monoisotopic (exact) mass is 927 g/mol. The molecule has 0 bridgehead atoms. The summed E-state index contributed by atoms with van der Waals surface area (Å²) in [5, 5.41) is 13.0. The Labute approximate surface area is 410 Å². The highest BCUT2D eigenvalue weighted by Gasteiger charge is 2.53. The zero-order chi connectivity index (χ0) is 45.5. The van der Waals surface area contributed by atoms with E-state index in [0.29, 0.717) is 0 Å². The number of benzene rings is 11. The lowest BCUT2D eigenvalue weighted by atomic mass is 9.68. The fourth-order valence-electron chi connectivity index (χ4n) is 12.6. The van der Waals surface area contributed by atoms with Crippen molar-refractivity contribution in [3.8, 4) is 11.1 Å². The van der Waals surface area contributed by atoms with Gasteiger partial charge in [-0.1, -0.05) is 252 Å². The van der Waals surface area contributed by atoms with Gasteiger partial charge in [0.2, 0.25) is 0 Å². The molecule has 0 saturated carbocycles. The standard InChI is InChI=1S/C65H45NSSi2/c1-3-22-46(23-4-1)65(54-29-11-9-27-52(54)53-28-10-12-30-55(53)65)47-38-40-48(41-39-47)66(56-31-19-21-45-20-7-8-26-51(45)56)49-42-43-60-64(44-49)69(61-35-16-13-32-57(61)67-58-33-14-17-36-62(58)69)63-37-18-15-34-59(63)68(60)50-24-5-2-6-25-50/h1-44,68H. The molecule has 0 fully saturated rings. The van der Waals surface area contributed by atoms with Crippen molar-refractivity contribution in [2.24, 2.45) is 0 Å². The van der Waals surface area contributed by atoms with Crippen LogP contribution in [0.4, 0.5) is 17.1 Å². The SMILES string of the molecule is c1ccc([SiH]2c3ccccc3[Si]3(c4ccccc4Sc4ccccc43)c3cc(N(c4ccc(C5(c6ccccc6)c6ccccc6-c6ccccc65)cc4)c4cccc5ccccc45)ccc32)cc1. The Balaban J connectivity index is 1.04. The van der Waals surface area contributed by atoms with E-state index in [1.807, 2.05) is 11.8 Å². The molecule has 1 unspecified atom stereocenters. The van der Waals surface area contributed by atoms with Gasteiger partial charge in [0.25, 0.3) is 0 Å². The maximum Gasteiger partial charge on any atom is 0.181 e. The van der Waals surface area contributed by atoms with E-state index in [1.165, 1.54) is 91.3 Å². The first-order chi connectivity index (χ1) is 34.2. The molecule has 2 heterocycles. The fourth-order valence-corrected chi connectivity index (χ4v) is 25.1. The van der Waals surface area contributed by atoms with Crippen LogP contribution in [0.25, 0.3) is 21.9 Å². The van der Waals surface area contributed by atoms with Crippen LogP contribution in [0.1, 0.15) is 22.3 Å². The molecular formula is C65H45NSSi2. The zero-order valence-electron chi connectivity index (χ0n) is 37.8. The van der Waals surface area contributed by atoms with Gasteiger partial charge >= 0.3 is 0 Å². The normalized spacial score (nSPS) is 15.3. The summed E-state index contributed by atoms with van der Waals surface area (Å²) in [6, 6.07) is 102. The topological polar surface area (TPSA) is 3.24 Å². The summed E-state index contributed by atoms with van der Waals surface area (Å²) in [7, 11) is -4.86. The molecule has 4 heteroatoms. The minimum atomic E-state index is -2.91. The van der Waals surface area contributed by atoms with Gasteiger partial charge in [0.05, 0.1) is 11.1 Å². The van der Waals surface area contributed by atoms with Crippen molar-refractivity contribution >= 4 is 92.8 Å². The largest absolute Gasteiger partial charge is 0.310 e. The molecule has 324 valence electrons. The van der Waals surface area contributed by atoms with E-state index in [9.17, 15) is 0 Å². The third-order valence-electron chi connectivity index (χ3n) is 15.3. The first-order valence-electron chi connectivity index (χ1n) is 24.0. The van der Waals surface area contributed by atoms with E-state index in [-0.39, 0.29) is 0 Å². The molecule has 11 aromatic carbocycles. The quantitative estimate of drug-likeness (QED) is 0.153. The molecule has 69 heavy (non-hydrogen) atoms. The number of hydrogen-bond acceptors (Lipinski definition) is 2. The molecule has 3 aliphatic rings. The average molecular weight is 928 g/mol. The highest BCUT2D eigenvalue weighted by molar-refractivity contribution is 8.00. The van der Waals surface area contributed by atoms with Gasteiger partial charge in [0.1, 0.15) is 8.80 Å². The van der Waals surface area contributed by atoms with Gasteiger partial charge in [0, 0.05) is 26.6 Å². The van der Waals surface area contributed by atoms with Crippen LogP contribution < -0.4 is 41.2 Å². The highest BCUT2D eigenvalue weighted by atomic mass is 32.2. The lowest BCUT2D eigenvalue weighted by molar-refractivity contribution is 0.768. The number of nitrogens with zero attached hydrogens (tertiary/aromatic N) is 1. The molecule has 2 aliphatic heterocycles. The first kappa shape index (κ1) is 40.3. The van der Waals surface area contributed by atoms with Gasteiger partial charge in [-0.05, 0) is 102 Å². The van der Waals surface area contributed by atoms with E-state index in [4.69, 9.17) is 0 Å². The third-order valence-corrected chi connectivity index (χ3v) is 25.7. The van der Waals surface area contributed by atoms with Crippen LogP contribution in [0.3, 0.4) is 0 Å². The molecule has 11 aromatic rings. The number of fused-ring (bicyclic) bond motifs is 12. The van der Waals surface area contributed by atoms with E-state index >= 15 is 0 Å². The second kappa shape index (κ2) is 15.9. The minimum Gasteiger partial charge on any atom is -0.310 e. The predicted molar refractivity (Wildman–Crippen MR) is 296 cm³/mol. The van der Waals surface area contributed by atoms with Crippen molar-refractivity contribution < 1.29 is 0 Å². The first-order valence-corrected chi connectivity index (χ1v) is 28.6. The smallest absolute Gasteiger partial charge is 0.181 e. The van der Waals surface area contributed by atoms with E-state index < -0.39 is 22.3 Å². The zero-order valence-corrected chi connectivity index (χ0v) is 40.8. The lowest BCUT2D eigenvalue weighted by Gasteiger charge is -2.46. The average Bonchev–Trinajstić information content (AvgIpc) is 3.73. The summed E-state index contributed by atoms with van der Waals surface area (Å²) in [6.07, 6.45) is 0. The fraction of sp³-hybridized carbons (Fsp3) is 0.0154. The van der Waals surface area contributed by atoms with Crippen LogP contribution in [0.5, 0.6) is 0 Å². The Bertz CT molecular complexity index is 3700. The van der Waals surface area contributed by atoms with Gasteiger partial charge < -0.3 is 4.90 Å². The van der Waals surface area contributed by atoms with Crippen molar-refractivity contribution in [1.82, 2.24) is 0 Å². The van der Waals surface area contributed by atoms with Crippen molar-refractivity contribution in [3.05, 3.63) is 289 Å². The maximum absolute atomic E-state index is 2.91. The predicted octanol–water partition coefficient (Wildman–Crippen LogP) is 11.1. The summed E-state index contributed by atoms with van der Waals surface area (Å²) in [5.74, 6) is 0. The summed E-state index contributed by atoms with van der Waals surface area (Å²) in [4.78, 5) is 5.30. The minimum absolute atomic E-state index is 0.481. The van der Waals surface area contributed by atoms with Crippen LogP contribution in [0, 0.1) is 0 Å². The summed E-state index contributed by atoms with van der Waals surface area (Å²) < 4.78 is 0. The molecule has 1 spiro atoms. The number of rotatable bonds is 6. The third kappa shape index (κ3) is 5.83. The van der Waals surface area contributed by atoms with E-state index in [2.05, 4.69) is 272 Å².